The van der Waals surface area contributed by atoms with Crippen molar-refractivity contribution in [2.45, 2.75) is 38.6 Å². The van der Waals surface area contributed by atoms with Crippen molar-refractivity contribution in [3.63, 3.8) is 0 Å². The first-order valence-corrected chi connectivity index (χ1v) is 5.55. The molecule has 3 heteroatoms. The minimum absolute atomic E-state index is 0.623. The highest BCUT2D eigenvalue weighted by Crippen LogP contribution is 2.24. The van der Waals surface area contributed by atoms with Crippen LogP contribution in [0.25, 0.3) is 0 Å². The third-order valence-electron chi connectivity index (χ3n) is 3.24. The van der Waals surface area contributed by atoms with Crippen LogP contribution < -0.4 is 5.32 Å². The molecular formula is C11H19N3. The fourth-order valence-corrected chi connectivity index (χ4v) is 2.09. The quantitative estimate of drug-likeness (QED) is 0.795. The minimum atomic E-state index is 0.623. The highest BCUT2D eigenvalue weighted by Gasteiger charge is 2.20. The summed E-state index contributed by atoms with van der Waals surface area (Å²) in [5.74, 6) is 0.623. The molecule has 0 radical (unpaired) electrons. The standard InChI is InChI=1S/C11H19N3/c1-3-9(2)11-7-13-8-14(11)10-4-5-12-6-10/h7-10,12H,3-6H2,1-2H3. The monoisotopic (exact) mass is 193 g/mol. The van der Waals surface area contributed by atoms with E-state index in [4.69, 9.17) is 0 Å². The molecule has 2 atom stereocenters. The molecule has 0 aliphatic carbocycles. The molecular weight excluding hydrogens is 174 g/mol. The summed E-state index contributed by atoms with van der Waals surface area (Å²) in [6.45, 7) is 6.74. The van der Waals surface area contributed by atoms with Crippen LogP contribution in [-0.2, 0) is 0 Å². The van der Waals surface area contributed by atoms with Crippen LogP contribution in [-0.4, -0.2) is 22.6 Å². The van der Waals surface area contributed by atoms with Gasteiger partial charge in [0.25, 0.3) is 0 Å². The SMILES string of the molecule is CCC(C)c1cncn1C1CCNC1. The van der Waals surface area contributed by atoms with Crippen molar-refractivity contribution in [3.8, 4) is 0 Å². The van der Waals surface area contributed by atoms with Gasteiger partial charge in [-0.2, -0.15) is 0 Å². The van der Waals surface area contributed by atoms with Gasteiger partial charge in [-0.25, -0.2) is 4.98 Å². The molecule has 0 aromatic carbocycles. The van der Waals surface area contributed by atoms with Crippen molar-refractivity contribution < 1.29 is 0 Å². The predicted octanol–water partition coefficient (Wildman–Crippen LogP) is 1.93. The average Bonchev–Trinajstić information content (AvgIpc) is 2.85. The van der Waals surface area contributed by atoms with Crippen LogP contribution in [0.1, 0.15) is 44.3 Å². The Morgan fingerprint density at radius 1 is 1.71 bits per heavy atom. The van der Waals surface area contributed by atoms with E-state index in [1.165, 1.54) is 18.5 Å². The molecule has 1 saturated heterocycles. The van der Waals surface area contributed by atoms with E-state index in [0.29, 0.717) is 12.0 Å². The summed E-state index contributed by atoms with van der Waals surface area (Å²) in [7, 11) is 0. The summed E-state index contributed by atoms with van der Waals surface area (Å²) >= 11 is 0. The van der Waals surface area contributed by atoms with Crippen LogP contribution in [0, 0.1) is 0 Å². The second-order valence-electron chi connectivity index (χ2n) is 4.18. The maximum Gasteiger partial charge on any atom is 0.0951 e. The number of nitrogens with zero attached hydrogens (tertiary/aromatic N) is 2. The molecule has 0 spiro atoms. The molecule has 1 aliphatic rings. The lowest BCUT2D eigenvalue weighted by Crippen LogP contribution is -2.15. The number of nitrogens with one attached hydrogen (secondary N) is 1. The molecule has 1 fully saturated rings. The molecule has 1 aromatic rings. The van der Waals surface area contributed by atoms with E-state index in [-0.39, 0.29) is 0 Å². The van der Waals surface area contributed by atoms with Crippen LogP contribution in [0.15, 0.2) is 12.5 Å². The van der Waals surface area contributed by atoms with Crippen molar-refractivity contribution in [1.82, 2.24) is 14.9 Å². The van der Waals surface area contributed by atoms with Gasteiger partial charge in [-0.15, -0.1) is 0 Å². The largest absolute Gasteiger partial charge is 0.330 e. The Kier molecular flexibility index (Phi) is 2.87. The molecule has 78 valence electrons. The molecule has 14 heavy (non-hydrogen) atoms. The number of hydrogen-bond donors (Lipinski definition) is 1. The van der Waals surface area contributed by atoms with Gasteiger partial charge in [0.1, 0.15) is 0 Å². The number of hydrogen-bond acceptors (Lipinski definition) is 2. The van der Waals surface area contributed by atoms with Gasteiger partial charge in [0.2, 0.25) is 0 Å². The Balaban J connectivity index is 2.19. The molecule has 0 saturated carbocycles. The van der Waals surface area contributed by atoms with Gasteiger partial charge < -0.3 is 9.88 Å². The zero-order valence-electron chi connectivity index (χ0n) is 9.03. The van der Waals surface area contributed by atoms with Crippen LogP contribution in [0.2, 0.25) is 0 Å². The first-order valence-electron chi connectivity index (χ1n) is 5.55. The Morgan fingerprint density at radius 3 is 3.21 bits per heavy atom. The van der Waals surface area contributed by atoms with Crippen molar-refractivity contribution in [2.24, 2.45) is 0 Å². The lowest BCUT2D eigenvalue weighted by Gasteiger charge is -2.17. The number of imidazole rings is 1. The van der Waals surface area contributed by atoms with E-state index >= 15 is 0 Å². The van der Waals surface area contributed by atoms with Crippen LogP contribution in [0.5, 0.6) is 0 Å². The maximum atomic E-state index is 4.27. The fourth-order valence-electron chi connectivity index (χ4n) is 2.09. The summed E-state index contributed by atoms with van der Waals surface area (Å²) in [5.41, 5.74) is 1.39. The van der Waals surface area contributed by atoms with E-state index in [0.717, 1.165) is 13.1 Å². The Labute approximate surface area is 85.5 Å². The second kappa shape index (κ2) is 4.13. The third kappa shape index (κ3) is 1.69. The van der Waals surface area contributed by atoms with Crippen molar-refractivity contribution in [1.29, 1.82) is 0 Å². The number of aromatic nitrogens is 2. The van der Waals surface area contributed by atoms with E-state index in [2.05, 4.69) is 28.7 Å². The summed E-state index contributed by atoms with van der Waals surface area (Å²) in [6, 6.07) is 0.626. The van der Waals surface area contributed by atoms with E-state index in [9.17, 15) is 0 Å². The molecule has 0 amide bonds. The molecule has 1 N–H and O–H groups in total. The zero-order valence-corrected chi connectivity index (χ0v) is 9.03. The van der Waals surface area contributed by atoms with Crippen LogP contribution in [0.3, 0.4) is 0 Å². The first-order chi connectivity index (χ1) is 6.83. The van der Waals surface area contributed by atoms with E-state index < -0.39 is 0 Å². The molecule has 1 aromatic heterocycles. The zero-order chi connectivity index (χ0) is 9.97. The van der Waals surface area contributed by atoms with Gasteiger partial charge in [-0.3, -0.25) is 0 Å². The normalized spacial score (nSPS) is 24.0. The fraction of sp³-hybridized carbons (Fsp3) is 0.727. The molecule has 1 aliphatic heterocycles. The smallest absolute Gasteiger partial charge is 0.0951 e. The number of rotatable bonds is 3. The maximum absolute atomic E-state index is 4.27. The molecule has 2 rings (SSSR count). The summed E-state index contributed by atoms with van der Waals surface area (Å²) in [4.78, 5) is 4.27. The molecule has 3 nitrogen and oxygen atoms in total. The van der Waals surface area contributed by atoms with Crippen molar-refractivity contribution >= 4 is 0 Å². The Morgan fingerprint density at radius 2 is 2.57 bits per heavy atom. The van der Waals surface area contributed by atoms with Gasteiger partial charge in [-0.1, -0.05) is 13.8 Å². The van der Waals surface area contributed by atoms with E-state index in [1.54, 1.807) is 0 Å². The van der Waals surface area contributed by atoms with Gasteiger partial charge in [0, 0.05) is 24.5 Å². The van der Waals surface area contributed by atoms with Gasteiger partial charge >= 0.3 is 0 Å². The van der Waals surface area contributed by atoms with Gasteiger partial charge in [0.05, 0.1) is 6.33 Å². The first kappa shape index (κ1) is 9.71. The molecule has 0 bridgehead atoms. The predicted molar refractivity (Wildman–Crippen MR) is 57.5 cm³/mol. The van der Waals surface area contributed by atoms with Crippen molar-refractivity contribution in [2.75, 3.05) is 13.1 Å². The highest BCUT2D eigenvalue weighted by atomic mass is 15.1. The topological polar surface area (TPSA) is 29.9 Å². The average molecular weight is 193 g/mol. The van der Waals surface area contributed by atoms with Crippen LogP contribution >= 0.6 is 0 Å². The lowest BCUT2D eigenvalue weighted by molar-refractivity contribution is 0.506. The van der Waals surface area contributed by atoms with Crippen LogP contribution in [0.4, 0.5) is 0 Å². The Bertz CT molecular complexity index is 286. The summed E-state index contributed by atoms with van der Waals surface area (Å²) in [6.07, 6.45) is 6.43. The summed E-state index contributed by atoms with van der Waals surface area (Å²) < 4.78 is 2.36. The molecule has 2 heterocycles. The van der Waals surface area contributed by atoms with Gasteiger partial charge in [0.15, 0.2) is 0 Å². The van der Waals surface area contributed by atoms with Gasteiger partial charge in [-0.05, 0) is 25.3 Å². The second-order valence-corrected chi connectivity index (χ2v) is 4.18. The summed E-state index contributed by atoms with van der Waals surface area (Å²) in [5, 5.41) is 3.40. The van der Waals surface area contributed by atoms with E-state index in [1.807, 2.05) is 12.5 Å². The highest BCUT2D eigenvalue weighted by molar-refractivity contribution is 5.07. The third-order valence-corrected chi connectivity index (χ3v) is 3.24. The lowest BCUT2D eigenvalue weighted by atomic mass is 10.1. The minimum Gasteiger partial charge on any atom is -0.330 e. The van der Waals surface area contributed by atoms with Crippen molar-refractivity contribution in [3.05, 3.63) is 18.2 Å². The Hall–Kier alpha value is -0.830. The molecule has 2 unspecified atom stereocenters.